The maximum Gasteiger partial charge on any atom is 0.325 e. The van der Waals surface area contributed by atoms with Crippen LogP contribution in [-0.4, -0.2) is 35.6 Å². The first kappa shape index (κ1) is 13.9. The van der Waals surface area contributed by atoms with Gasteiger partial charge in [-0.2, -0.15) is 0 Å². The van der Waals surface area contributed by atoms with Gasteiger partial charge >= 0.3 is 5.97 Å². The van der Waals surface area contributed by atoms with Crippen LogP contribution >= 0.6 is 0 Å². The Morgan fingerprint density at radius 2 is 2.28 bits per heavy atom. The lowest BCUT2D eigenvalue weighted by Gasteiger charge is -2.20. The van der Waals surface area contributed by atoms with E-state index >= 15 is 0 Å². The predicted molar refractivity (Wildman–Crippen MR) is 65.4 cm³/mol. The van der Waals surface area contributed by atoms with Crippen molar-refractivity contribution in [2.75, 3.05) is 24.6 Å². The number of ether oxygens (including phenoxy) is 1. The van der Waals surface area contributed by atoms with E-state index in [1.807, 2.05) is 6.92 Å². The fraction of sp³-hybridized carbons (Fsp3) is 0.455. The smallest absolute Gasteiger partial charge is 0.325 e. The molecule has 0 saturated carbocycles. The Bertz CT molecular complexity index is 436. The van der Waals surface area contributed by atoms with Gasteiger partial charge in [0.1, 0.15) is 12.4 Å². The Labute approximate surface area is 105 Å². The maximum absolute atomic E-state index is 11.4. The minimum Gasteiger partial charge on any atom is -0.465 e. The second-order valence-electron chi connectivity index (χ2n) is 3.45. The number of nitrogens with zero attached hydrogens (tertiary/aromatic N) is 3. The summed E-state index contributed by atoms with van der Waals surface area (Å²) in [6.45, 7) is 4.39. The lowest BCUT2D eigenvalue weighted by atomic mass is 10.3. The van der Waals surface area contributed by atoms with E-state index in [-0.39, 0.29) is 18.2 Å². The molecule has 7 nitrogen and oxygen atoms in total. The van der Waals surface area contributed by atoms with Gasteiger partial charge < -0.3 is 9.64 Å². The quantitative estimate of drug-likeness (QED) is 0.432. The summed E-state index contributed by atoms with van der Waals surface area (Å²) in [4.78, 5) is 27.2. The normalized spacial score (nSPS) is 9.89. The largest absolute Gasteiger partial charge is 0.465 e. The maximum atomic E-state index is 11.4. The molecule has 98 valence electrons. The van der Waals surface area contributed by atoms with Crippen molar-refractivity contribution in [3.05, 3.63) is 28.4 Å². The molecule has 0 aliphatic carbocycles. The van der Waals surface area contributed by atoms with Gasteiger partial charge in [-0.3, -0.25) is 14.9 Å². The van der Waals surface area contributed by atoms with E-state index in [4.69, 9.17) is 4.74 Å². The van der Waals surface area contributed by atoms with Gasteiger partial charge in [0, 0.05) is 18.8 Å². The summed E-state index contributed by atoms with van der Waals surface area (Å²) < 4.78 is 4.83. The molecule has 0 bridgehead atoms. The first-order chi connectivity index (χ1) is 8.58. The molecule has 18 heavy (non-hydrogen) atoms. The minimum atomic E-state index is -0.497. The molecule has 0 unspecified atom stereocenters. The number of carbonyl (C=O) groups excluding carboxylic acids is 1. The highest BCUT2D eigenvalue weighted by Crippen LogP contribution is 2.17. The van der Waals surface area contributed by atoms with Crippen LogP contribution < -0.4 is 4.90 Å². The van der Waals surface area contributed by atoms with Crippen molar-refractivity contribution in [3.63, 3.8) is 0 Å². The van der Waals surface area contributed by atoms with E-state index in [1.165, 1.54) is 18.3 Å². The predicted octanol–water partition coefficient (Wildman–Crippen LogP) is 1.38. The zero-order valence-corrected chi connectivity index (χ0v) is 10.3. The van der Waals surface area contributed by atoms with Crippen LogP contribution in [0.25, 0.3) is 0 Å². The molecular formula is C11H15N3O4. The summed E-state index contributed by atoms with van der Waals surface area (Å²) in [6, 6.07) is 2.64. The molecule has 0 N–H and O–H groups in total. The summed E-state index contributed by atoms with van der Waals surface area (Å²) >= 11 is 0. The van der Waals surface area contributed by atoms with Crippen LogP contribution in [0.4, 0.5) is 11.5 Å². The average Bonchev–Trinajstić information content (AvgIpc) is 2.36. The first-order valence-electron chi connectivity index (χ1n) is 5.59. The van der Waals surface area contributed by atoms with Crippen LogP contribution in [0.5, 0.6) is 0 Å². The second-order valence-corrected chi connectivity index (χ2v) is 3.45. The van der Waals surface area contributed by atoms with Crippen molar-refractivity contribution < 1.29 is 14.5 Å². The fourth-order valence-corrected chi connectivity index (χ4v) is 1.41. The zero-order chi connectivity index (χ0) is 13.5. The standard InChI is InChI=1S/C11H15N3O4/c1-3-13(8-11(15)18-4-2)10-7-9(14(16)17)5-6-12-10/h5-7H,3-4,8H2,1-2H3. The zero-order valence-electron chi connectivity index (χ0n) is 10.3. The second kappa shape index (κ2) is 6.53. The average molecular weight is 253 g/mol. The van der Waals surface area contributed by atoms with Gasteiger partial charge in [0.25, 0.3) is 5.69 Å². The van der Waals surface area contributed by atoms with Gasteiger partial charge in [0.2, 0.25) is 0 Å². The monoisotopic (exact) mass is 253 g/mol. The van der Waals surface area contributed by atoms with Crippen LogP contribution in [0.3, 0.4) is 0 Å². The fourth-order valence-electron chi connectivity index (χ4n) is 1.41. The van der Waals surface area contributed by atoms with E-state index in [0.717, 1.165) is 0 Å². The number of pyridine rings is 1. The molecule has 0 saturated heterocycles. The number of esters is 1. The van der Waals surface area contributed by atoms with Gasteiger partial charge in [-0.15, -0.1) is 0 Å². The summed E-state index contributed by atoms with van der Waals surface area (Å²) in [5, 5.41) is 10.7. The highest BCUT2D eigenvalue weighted by atomic mass is 16.6. The Morgan fingerprint density at radius 1 is 1.56 bits per heavy atom. The molecule has 0 aliphatic heterocycles. The Morgan fingerprint density at radius 3 is 2.83 bits per heavy atom. The third-order valence-electron chi connectivity index (χ3n) is 2.27. The molecule has 0 amide bonds. The molecule has 0 spiro atoms. The van der Waals surface area contributed by atoms with Gasteiger partial charge in [-0.25, -0.2) is 4.98 Å². The number of rotatable bonds is 6. The number of anilines is 1. The molecular weight excluding hydrogens is 238 g/mol. The number of nitro groups is 1. The highest BCUT2D eigenvalue weighted by molar-refractivity contribution is 5.75. The molecule has 0 aromatic carbocycles. The third kappa shape index (κ3) is 3.69. The van der Waals surface area contributed by atoms with Crippen LogP contribution in [-0.2, 0) is 9.53 Å². The molecule has 1 rings (SSSR count). The lowest BCUT2D eigenvalue weighted by Crippen LogP contribution is -2.31. The Kier molecular flexibility index (Phi) is 5.04. The van der Waals surface area contributed by atoms with Crippen molar-refractivity contribution in [2.24, 2.45) is 0 Å². The number of aromatic nitrogens is 1. The molecule has 7 heteroatoms. The molecule has 0 fully saturated rings. The van der Waals surface area contributed by atoms with Gasteiger partial charge in [-0.1, -0.05) is 0 Å². The molecule has 1 aromatic heterocycles. The van der Waals surface area contributed by atoms with Crippen molar-refractivity contribution in [1.29, 1.82) is 0 Å². The first-order valence-corrected chi connectivity index (χ1v) is 5.59. The SMILES string of the molecule is CCOC(=O)CN(CC)c1cc([N+](=O)[O-])ccn1. The van der Waals surface area contributed by atoms with Crippen LogP contribution in [0.2, 0.25) is 0 Å². The van der Waals surface area contributed by atoms with Gasteiger partial charge in [-0.05, 0) is 13.8 Å². The summed E-state index contributed by atoms with van der Waals surface area (Å²) in [6.07, 6.45) is 1.35. The lowest BCUT2D eigenvalue weighted by molar-refractivity contribution is -0.384. The number of carbonyl (C=O) groups is 1. The van der Waals surface area contributed by atoms with Crippen LogP contribution in [0, 0.1) is 10.1 Å². The van der Waals surface area contributed by atoms with Gasteiger partial charge in [0.05, 0.1) is 17.6 Å². The number of hydrogen-bond donors (Lipinski definition) is 0. The Balaban J connectivity index is 2.84. The van der Waals surface area contributed by atoms with E-state index in [1.54, 1.807) is 11.8 Å². The number of likely N-dealkylation sites (N-methyl/N-ethyl adjacent to an activating group) is 1. The summed E-state index contributed by atoms with van der Waals surface area (Å²) in [7, 11) is 0. The van der Waals surface area contributed by atoms with E-state index in [2.05, 4.69) is 4.98 Å². The minimum absolute atomic E-state index is 0.0263. The van der Waals surface area contributed by atoms with E-state index < -0.39 is 4.92 Å². The topological polar surface area (TPSA) is 85.6 Å². The van der Waals surface area contributed by atoms with E-state index in [9.17, 15) is 14.9 Å². The third-order valence-corrected chi connectivity index (χ3v) is 2.27. The van der Waals surface area contributed by atoms with Gasteiger partial charge in [0.15, 0.2) is 0 Å². The molecule has 0 atom stereocenters. The van der Waals surface area contributed by atoms with Crippen molar-refractivity contribution in [1.82, 2.24) is 4.98 Å². The Hall–Kier alpha value is -2.18. The molecule has 1 heterocycles. The van der Waals surface area contributed by atoms with E-state index in [0.29, 0.717) is 19.0 Å². The number of hydrogen-bond acceptors (Lipinski definition) is 6. The molecule has 0 radical (unpaired) electrons. The molecule has 0 aliphatic rings. The van der Waals surface area contributed by atoms with Crippen molar-refractivity contribution >= 4 is 17.5 Å². The van der Waals surface area contributed by atoms with Crippen molar-refractivity contribution in [3.8, 4) is 0 Å². The van der Waals surface area contributed by atoms with Crippen LogP contribution in [0.15, 0.2) is 18.3 Å². The van der Waals surface area contributed by atoms with Crippen LogP contribution in [0.1, 0.15) is 13.8 Å². The molecule has 1 aromatic rings. The van der Waals surface area contributed by atoms with Crippen molar-refractivity contribution in [2.45, 2.75) is 13.8 Å². The summed E-state index contributed by atoms with van der Waals surface area (Å²) in [5.74, 6) is 0.00686. The summed E-state index contributed by atoms with van der Waals surface area (Å²) in [5.41, 5.74) is -0.0534. The highest BCUT2D eigenvalue weighted by Gasteiger charge is 2.15.